The minimum Gasteiger partial charge on any atom is -0.475 e. The Morgan fingerprint density at radius 3 is 2.29 bits per heavy atom. The van der Waals surface area contributed by atoms with Crippen LogP contribution in [0, 0.1) is 0 Å². The first kappa shape index (κ1) is 21.2. The van der Waals surface area contributed by atoms with E-state index in [0.29, 0.717) is 0 Å². The van der Waals surface area contributed by atoms with Crippen LogP contribution in [0.25, 0.3) is 0 Å². The monoisotopic (exact) mass is 399 g/mol. The molecule has 1 aromatic heterocycles. The summed E-state index contributed by atoms with van der Waals surface area (Å²) in [6, 6.07) is 10.7. The van der Waals surface area contributed by atoms with E-state index in [1.165, 1.54) is 16.7 Å². The number of rotatable bonds is 4. The van der Waals surface area contributed by atoms with Crippen LogP contribution in [0.3, 0.4) is 0 Å². The summed E-state index contributed by atoms with van der Waals surface area (Å²) in [4.78, 5) is 27.0. The highest BCUT2D eigenvalue weighted by molar-refractivity contribution is 5.76. The van der Waals surface area contributed by atoms with E-state index in [1.54, 1.807) is 6.33 Å². The maximum Gasteiger partial charge on any atom is 0.490 e. The number of amides is 1. The minimum absolute atomic E-state index is 0.00124. The Bertz CT molecular complexity index is 745. The molecule has 0 aliphatic carbocycles. The number of hydrogen-bond donors (Lipinski definition) is 2. The van der Waals surface area contributed by atoms with Gasteiger partial charge in [0.05, 0.1) is 0 Å². The molecule has 0 radical (unpaired) electrons. The molecule has 11 heteroatoms. The SMILES string of the molecule is O=C(Cn1cncn1)NC1CCN(c2ccccc2)CC1.O=C(O)C(F)(F)F. The molecule has 0 atom stereocenters. The van der Waals surface area contributed by atoms with E-state index < -0.39 is 12.1 Å². The molecule has 1 aromatic carbocycles. The van der Waals surface area contributed by atoms with E-state index in [-0.39, 0.29) is 18.5 Å². The predicted octanol–water partition coefficient (Wildman–Crippen LogP) is 1.70. The van der Waals surface area contributed by atoms with Crippen LogP contribution in [-0.2, 0) is 16.1 Å². The van der Waals surface area contributed by atoms with Crippen molar-refractivity contribution in [3.8, 4) is 0 Å². The van der Waals surface area contributed by atoms with Crippen LogP contribution >= 0.6 is 0 Å². The molecular weight excluding hydrogens is 379 g/mol. The molecule has 8 nitrogen and oxygen atoms in total. The Morgan fingerprint density at radius 2 is 1.79 bits per heavy atom. The highest BCUT2D eigenvalue weighted by atomic mass is 19.4. The van der Waals surface area contributed by atoms with Gasteiger partial charge in [0.2, 0.25) is 5.91 Å². The van der Waals surface area contributed by atoms with Gasteiger partial charge in [-0.2, -0.15) is 18.3 Å². The number of para-hydroxylation sites is 1. The molecule has 2 N–H and O–H groups in total. The topological polar surface area (TPSA) is 100 Å². The first-order valence-corrected chi connectivity index (χ1v) is 8.47. The van der Waals surface area contributed by atoms with Gasteiger partial charge in [0.1, 0.15) is 19.2 Å². The lowest BCUT2D eigenvalue weighted by Crippen LogP contribution is -2.45. The maximum absolute atomic E-state index is 11.9. The Hall–Kier alpha value is -3.11. The van der Waals surface area contributed by atoms with E-state index in [2.05, 4.69) is 44.6 Å². The van der Waals surface area contributed by atoms with Gasteiger partial charge >= 0.3 is 12.1 Å². The van der Waals surface area contributed by atoms with Gasteiger partial charge in [-0.15, -0.1) is 0 Å². The van der Waals surface area contributed by atoms with E-state index in [9.17, 15) is 18.0 Å². The van der Waals surface area contributed by atoms with Crippen molar-refractivity contribution in [3.63, 3.8) is 0 Å². The maximum atomic E-state index is 11.9. The number of halogens is 3. The van der Waals surface area contributed by atoms with Crippen molar-refractivity contribution in [2.24, 2.45) is 0 Å². The lowest BCUT2D eigenvalue weighted by atomic mass is 10.0. The van der Waals surface area contributed by atoms with Crippen molar-refractivity contribution in [2.75, 3.05) is 18.0 Å². The molecule has 0 spiro atoms. The third kappa shape index (κ3) is 6.89. The second kappa shape index (κ2) is 9.72. The molecule has 0 saturated carbocycles. The number of aliphatic carboxylic acids is 1. The fraction of sp³-hybridized carbons (Fsp3) is 0.412. The lowest BCUT2D eigenvalue weighted by Gasteiger charge is -2.34. The van der Waals surface area contributed by atoms with Gasteiger partial charge in [-0.3, -0.25) is 4.79 Å². The van der Waals surface area contributed by atoms with Crippen LogP contribution in [0.2, 0.25) is 0 Å². The molecular formula is C17H20F3N5O3. The molecule has 0 bridgehead atoms. The highest BCUT2D eigenvalue weighted by Crippen LogP contribution is 2.19. The Morgan fingerprint density at radius 1 is 1.18 bits per heavy atom. The molecule has 1 aliphatic heterocycles. The van der Waals surface area contributed by atoms with Crippen LogP contribution < -0.4 is 10.2 Å². The number of carbonyl (C=O) groups excluding carboxylic acids is 1. The van der Waals surface area contributed by atoms with Crippen LogP contribution in [0.5, 0.6) is 0 Å². The van der Waals surface area contributed by atoms with E-state index in [0.717, 1.165) is 25.9 Å². The van der Waals surface area contributed by atoms with E-state index in [1.807, 2.05) is 6.07 Å². The summed E-state index contributed by atoms with van der Waals surface area (Å²) >= 11 is 0. The predicted molar refractivity (Wildman–Crippen MR) is 93.5 cm³/mol. The van der Waals surface area contributed by atoms with Crippen LogP contribution in [0.15, 0.2) is 43.0 Å². The normalized spacial score (nSPS) is 14.8. The smallest absolute Gasteiger partial charge is 0.475 e. The fourth-order valence-corrected chi connectivity index (χ4v) is 2.66. The summed E-state index contributed by atoms with van der Waals surface area (Å²) in [5, 5.41) is 14.1. The van der Waals surface area contributed by atoms with Gasteiger partial charge < -0.3 is 15.3 Å². The lowest BCUT2D eigenvalue weighted by molar-refractivity contribution is -0.192. The number of nitrogens with one attached hydrogen (secondary N) is 1. The van der Waals surface area contributed by atoms with Gasteiger partial charge in [0, 0.05) is 24.8 Å². The van der Waals surface area contributed by atoms with Crippen molar-refractivity contribution in [2.45, 2.75) is 31.6 Å². The molecule has 1 fully saturated rings. The molecule has 28 heavy (non-hydrogen) atoms. The number of carbonyl (C=O) groups is 2. The standard InChI is InChI=1S/C15H19N5O.C2HF3O2/c21-15(10-20-12-16-11-17-20)18-13-6-8-19(9-7-13)14-4-2-1-3-5-14;3-2(4,5)1(6)7/h1-5,11-13H,6-10H2,(H,18,21);(H,6,7). The number of piperidine rings is 1. The first-order valence-electron chi connectivity index (χ1n) is 8.47. The summed E-state index contributed by atoms with van der Waals surface area (Å²) in [7, 11) is 0. The number of carboxylic acids is 1. The molecule has 0 unspecified atom stereocenters. The highest BCUT2D eigenvalue weighted by Gasteiger charge is 2.38. The van der Waals surface area contributed by atoms with E-state index >= 15 is 0 Å². The van der Waals surface area contributed by atoms with Gasteiger partial charge in [-0.25, -0.2) is 14.5 Å². The van der Waals surface area contributed by atoms with Crippen LogP contribution in [0.1, 0.15) is 12.8 Å². The summed E-state index contributed by atoms with van der Waals surface area (Å²) in [6.07, 6.45) is -0.154. The van der Waals surface area contributed by atoms with Gasteiger partial charge in [0.25, 0.3) is 0 Å². The summed E-state index contributed by atoms with van der Waals surface area (Å²) in [6.45, 7) is 2.18. The molecule has 3 rings (SSSR count). The Balaban J connectivity index is 0.000000345. The van der Waals surface area contributed by atoms with Gasteiger partial charge in [-0.05, 0) is 25.0 Å². The van der Waals surface area contributed by atoms with Crippen molar-refractivity contribution >= 4 is 17.6 Å². The van der Waals surface area contributed by atoms with Crippen molar-refractivity contribution in [3.05, 3.63) is 43.0 Å². The quantitative estimate of drug-likeness (QED) is 0.812. The van der Waals surface area contributed by atoms with Crippen LogP contribution in [-0.4, -0.2) is 57.1 Å². The number of carboxylic acid groups (broad SMARTS) is 1. The Kier molecular flexibility index (Phi) is 7.36. The second-order valence-electron chi connectivity index (χ2n) is 6.06. The zero-order valence-electron chi connectivity index (χ0n) is 14.8. The first-order chi connectivity index (χ1) is 13.3. The third-order valence-electron chi connectivity index (χ3n) is 4.00. The molecule has 152 valence electrons. The largest absolute Gasteiger partial charge is 0.490 e. The van der Waals surface area contributed by atoms with Crippen molar-refractivity contribution in [1.29, 1.82) is 0 Å². The zero-order chi connectivity index (χ0) is 20.6. The number of aromatic nitrogens is 3. The summed E-state index contributed by atoms with van der Waals surface area (Å²) in [5.74, 6) is -2.76. The van der Waals surface area contributed by atoms with E-state index in [4.69, 9.17) is 9.90 Å². The number of anilines is 1. The average molecular weight is 399 g/mol. The number of hydrogen-bond acceptors (Lipinski definition) is 5. The molecule has 1 aliphatic rings. The summed E-state index contributed by atoms with van der Waals surface area (Å²) in [5.41, 5.74) is 1.25. The average Bonchev–Trinajstić information content (AvgIpc) is 3.15. The third-order valence-corrected chi connectivity index (χ3v) is 4.00. The summed E-state index contributed by atoms with van der Waals surface area (Å²) < 4.78 is 33.3. The van der Waals surface area contributed by atoms with Gasteiger partial charge in [0.15, 0.2) is 0 Å². The van der Waals surface area contributed by atoms with Crippen molar-refractivity contribution < 1.29 is 27.9 Å². The fourth-order valence-electron chi connectivity index (χ4n) is 2.66. The Labute approximate surface area is 159 Å². The number of alkyl halides is 3. The van der Waals surface area contributed by atoms with Gasteiger partial charge in [-0.1, -0.05) is 18.2 Å². The molecule has 2 heterocycles. The zero-order valence-corrected chi connectivity index (χ0v) is 14.8. The number of nitrogens with zero attached hydrogens (tertiary/aromatic N) is 4. The molecule has 2 aromatic rings. The number of benzene rings is 1. The van der Waals surface area contributed by atoms with Crippen LogP contribution in [0.4, 0.5) is 18.9 Å². The van der Waals surface area contributed by atoms with Crippen molar-refractivity contribution in [1.82, 2.24) is 20.1 Å². The second-order valence-corrected chi connectivity index (χ2v) is 6.06. The minimum atomic E-state index is -5.08. The molecule has 1 amide bonds. The molecule has 1 saturated heterocycles.